The van der Waals surface area contributed by atoms with Crippen LogP contribution in [-0.2, 0) is 9.53 Å². The molecule has 0 aromatic heterocycles. The van der Waals surface area contributed by atoms with E-state index in [4.69, 9.17) is 23.2 Å². The molecule has 0 saturated carbocycles. The van der Waals surface area contributed by atoms with E-state index in [0.29, 0.717) is 26.6 Å². The number of nitrogens with one attached hydrogen (secondary N) is 1. The molecular weight excluding hydrogens is 329 g/mol. The summed E-state index contributed by atoms with van der Waals surface area (Å²) in [6, 6.07) is 3.08. The van der Waals surface area contributed by atoms with Crippen LogP contribution in [0, 0.1) is 0 Å². The molecule has 3 nitrogen and oxygen atoms in total. The SMILES string of the molecule is CCC(Nc1ccc(Br)c(Cl)c1Cl)C(=O)OC. The fraction of sp³-hybridized carbons (Fsp3) is 0.364. The van der Waals surface area contributed by atoms with Crippen molar-refractivity contribution in [1.82, 2.24) is 0 Å². The minimum atomic E-state index is -0.435. The normalized spacial score (nSPS) is 12.1. The van der Waals surface area contributed by atoms with Gasteiger partial charge in [0.2, 0.25) is 0 Å². The van der Waals surface area contributed by atoms with Crippen LogP contribution < -0.4 is 5.32 Å². The van der Waals surface area contributed by atoms with E-state index in [0.717, 1.165) is 0 Å². The number of hydrogen-bond donors (Lipinski definition) is 1. The third kappa shape index (κ3) is 3.50. The summed E-state index contributed by atoms with van der Waals surface area (Å²) >= 11 is 15.3. The third-order valence-corrected chi connectivity index (χ3v) is 4.03. The number of anilines is 1. The summed E-state index contributed by atoms with van der Waals surface area (Å²) in [7, 11) is 1.35. The molecule has 0 bridgehead atoms. The largest absolute Gasteiger partial charge is 0.467 e. The third-order valence-electron chi connectivity index (χ3n) is 2.26. The Hall–Kier alpha value is -0.450. The van der Waals surface area contributed by atoms with Crippen molar-refractivity contribution in [3.63, 3.8) is 0 Å². The minimum Gasteiger partial charge on any atom is -0.467 e. The number of benzene rings is 1. The molecule has 0 aliphatic heterocycles. The van der Waals surface area contributed by atoms with Gasteiger partial charge in [-0.15, -0.1) is 0 Å². The van der Waals surface area contributed by atoms with Crippen LogP contribution in [0.1, 0.15) is 13.3 Å². The van der Waals surface area contributed by atoms with E-state index >= 15 is 0 Å². The maximum absolute atomic E-state index is 11.4. The molecule has 0 aliphatic carbocycles. The monoisotopic (exact) mass is 339 g/mol. The van der Waals surface area contributed by atoms with Gasteiger partial charge < -0.3 is 10.1 Å². The zero-order chi connectivity index (χ0) is 13.0. The first-order valence-corrected chi connectivity index (χ1v) is 6.54. The zero-order valence-corrected chi connectivity index (χ0v) is 12.5. The van der Waals surface area contributed by atoms with Crippen LogP contribution in [0.15, 0.2) is 16.6 Å². The number of carbonyl (C=O) groups excluding carboxylic acids is 1. The Morgan fingerprint density at radius 3 is 2.65 bits per heavy atom. The van der Waals surface area contributed by atoms with Crippen molar-refractivity contribution in [2.45, 2.75) is 19.4 Å². The first-order valence-electron chi connectivity index (χ1n) is 4.99. The van der Waals surface area contributed by atoms with Gasteiger partial charge in [-0.05, 0) is 34.5 Å². The van der Waals surface area contributed by atoms with Crippen LogP contribution in [0.2, 0.25) is 10.0 Å². The van der Waals surface area contributed by atoms with Crippen molar-refractivity contribution in [1.29, 1.82) is 0 Å². The van der Waals surface area contributed by atoms with Crippen molar-refractivity contribution >= 4 is 50.8 Å². The van der Waals surface area contributed by atoms with E-state index in [9.17, 15) is 4.79 Å². The zero-order valence-electron chi connectivity index (χ0n) is 9.39. The summed E-state index contributed by atoms with van der Waals surface area (Å²) < 4.78 is 5.39. The van der Waals surface area contributed by atoms with E-state index in [1.807, 2.05) is 6.92 Å². The highest BCUT2D eigenvalue weighted by molar-refractivity contribution is 9.10. The van der Waals surface area contributed by atoms with Gasteiger partial charge in [0, 0.05) is 4.47 Å². The van der Waals surface area contributed by atoms with Crippen molar-refractivity contribution in [3.8, 4) is 0 Å². The van der Waals surface area contributed by atoms with E-state index in [1.54, 1.807) is 12.1 Å². The Morgan fingerprint density at radius 1 is 1.47 bits per heavy atom. The maximum Gasteiger partial charge on any atom is 0.328 e. The van der Waals surface area contributed by atoms with E-state index in [-0.39, 0.29) is 5.97 Å². The van der Waals surface area contributed by atoms with Gasteiger partial charge in [-0.3, -0.25) is 0 Å². The average molecular weight is 341 g/mol. The quantitative estimate of drug-likeness (QED) is 0.661. The van der Waals surface area contributed by atoms with Gasteiger partial charge in [-0.2, -0.15) is 0 Å². The van der Waals surface area contributed by atoms with Crippen LogP contribution in [0.5, 0.6) is 0 Å². The molecule has 0 heterocycles. The van der Waals surface area contributed by atoms with Crippen LogP contribution in [-0.4, -0.2) is 19.1 Å². The molecule has 6 heteroatoms. The smallest absolute Gasteiger partial charge is 0.328 e. The van der Waals surface area contributed by atoms with Gasteiger partial charge in [-0.1, -0.05) is 30.1 Å². The van der Waals surface area contributed by atoms with E-state index < -0.39 is 6.04 Å². The van der Waals surface area contributed by atoms with Crippen LogP contribution in [0.4, 0.5) is 5.69 Å². The molecule has 17 heavy (non-hydrogen) atoms. The molecule has 0 aliphatic rings. The Bertz CT molecular complexity index is 426. The molecule has 1 N–H and O–H groups in total. The van der Waals surface area contributed by atoms with Crippen molar-refractivity contribution in [2.24, 2.45) is 0 Å². The summed E-state index contributed by atoms with van der Waals surface area (Å²) in [6.07, 6.45) is 0.594. The van der Waals surface area contributed by atoms with Crippen molar-refractivity contribution in [2.75, 3.05) is 12.4 Å². The molecule has 0 radical (unpaired) electrons. The minimum absolute atomic E-state index is 0.331. The molecule has 0 saturated heterocycles. The number of ether oxygens (including phenoxy) is 1. The Labute approximate surface area is 119 Å². The molecule has 1 aromatic rings. The summed E-state index contributed by atoms with van der Waals surface area (Å²) in [5.41, 5.74) is 0.608. The first kappa shape index (κ1) is 14.6. The van der Waals surface area contributed by atoms with E-state index in [1.165, 1.54) is 7.11 Å². The second-order valence-electron chi connectivity index (χ2n) is 3.35. The molecule has 1 aromatic carbocycles. The number of carbonyl (C=O) groups is 1. The number of halogens is 3. The molecule has 94 valence electrons. The summed E-state index contributed by atoms with van der Waals surface area (Å²) in [5, 5.41) is 3.80. The highest BCUT2D eigenvalue weighted by Gasteiger charge is 2.18. The predicted molar refractivity (Wildman–Crippen MR) is 73.9 cm³/mol. The van der Waals surface area contributed by atoms with Crippen molar-refractivity contribution in [3.05, 3.63) is 26.7 Å². The topological polar surface area (TPSA) is 38.3 Å². The van der Waals surface area contributed by atoms with Gasteiger partial charge in [0.15, 0.2) is 0 Å². The van der Waals surface area contributed by atoms with Gasteiger partial charge >= 0.3 is 5.97 Å². The average Bonchev–Trinajstić information content (AvgIpc) is 2.34. The molecule has 1 atom stereocenters. The van der Waals surface area contributed by atoms with Crippen molar-refractivity contribution < 1.29 is 9.53 Å². The van der Waals surface area contributed by atoms with Gasteiger partial charge in [-0.25, -0.2) is 4.79 Å². The Kier molecular flexibility index (Phi) is 5.56. The van der Waals surface area contributed by atoms with Crippen LogP contribution in [0.25, 0.3) is 0 Å². The Morgan fingerprint density at radius 2 is 2.12 bits per heavy atom. The number of esters is 1. The van der Waals surface area contributed by atoms with Gasteiger partial charge in [0.1, 0.15) is 6.04 Å². The molecule has 1 rings (SSSR count). The standard InChI is InChI=1S/C11H12BrCl2NO2/c1-3-7(11(16)17-2)15-8-5-4-6(12)9(13)10(8)14/h4-5,7,15H,3H2,1-2H3. The molecule has 1 unspecified atom stereocenters. The maximum atomic E-state index is 11.4. The lowest BCUT2D eigenvalue weighted by molar-refractivity contribution is -0.141. The van der Waals surface area contributed by atoms with E-state index in [2.05, 4.69) is 26.0 Å². The first-order chi connectivity index (χ1) is 8.01. The molecular formula is C11H12BrCl2NO2. The lowest BCUT2D eigenvalue weighted by Crippen LogP contribution is -2.29. The second kappa shape index (κ2) is 6.47. The number of hydrogen-bond acceptors (Lipinski definition) is 3. The highest BCUT2D eigenvalue weighted by atomic mass is 79.9. The summed E-state index contributed by atoms with van der Waals surface area (Å²) in [4.78, 5) is 11.4. The van der Waals surface area contributed by atoms with Gasteiger partial charge in [0.25, 0.3) is 0 Å². The Balaban J connectivity index is 2.95. The second-order valence-corrected chi connectivity index (χ2v) is 4.96. The highest BCUT2D eigenvalue weighted by Crippen LogP contribution is 2.36. The lowest BCUT2D eigenvalue weighted by atomic mass is 10.2. The lowest BCUT2D eigenvalue weighted by Gasteiger charge is -2.17. The van der Waals surface area contributed by atoms with Crippen LogP contribution in [0.3, 0.4) is 0 Å². The molecule has 0 fully saturated rings. The number of methoxy groups -OCH3 is 1. The summed E-state index contributed by atoms with van der Waals surface area (Å²) in [5.74, 6) is -0.331. The fourth-order valence-electron chi connectivity index (χ4n) is 1.29. The van der Waals surface area contributed by atoms with Crippen LogP contribution >= 0.6 is 39.1 Å². The summed E-state index contributed by atoms with van der Waals surface area (Å²) in [6.45, 7) is 1.88. The predicted octanol–water partition coefficient (Wildman–Crippen LogP) is 4.12. The van der Waals surface area contributed by atoms with Gasteiger partial charge in [0.05, 0.1) is 22.8 Å². The molecule has 0 amide bonds. The molecule has 0 spiro atoms. The fourth-order valence-corrected chi connectivity index (χ4v) is 2.12. The number of rotatable bonds is 4.